The Morgan fingerprint density at radius 3 is 2.10 bits per heavy atom. The van der Waals surface area contributed by atoms with Crippen LogP contribution in [0.2, 0.25) is 0 Å². The molecule has 0 aliphatic carbocycles. The normalized spacial score (nSPS) is 11.0. The van der Waals surface area contributed by atoms with Crippen LogP contribution in [0.25, 0.3) is 0 Å². The van der Waals surface area contributed by atoms with Gasteiger partial charge in [0.05, 0.1) is 11.3 Å². The third-order valence-corrected chi connectivity index (χ3v) is 3.52. The Balaban J connectivity index is 1.95. The summed E-state index contributed by atoms with van der Waals surface area (Å²) in [6, 6.07) is 16.8. The van der Waals surface area contributed by atoms with Crippen LogP contribution in [0.15, 0.2) is 60.7 Å². The molecule has 5 nitrogen and oxygen atoms in total. The summed E-state index contributed by atoms with van der Waals surface area (Å²) < 4.78 is 23.5. The molecule has 0 fully saturated rings. The van der Waals surface area contributed by atoms with Crippen molar-refractivity contribution >= 4 is 16.0 Å². The van der Waals surface area contributed by atoms with Crippen LogP contribution >= 0.6 is 0 Å². The van der Waals surface area contributed by atoms with Crippen molar-refractivity contribution in [2.24, 2.45) is 0 Å². The second-order valence-corrected chi connectivity index (χ2v) is 5.77. The lowest BCUT2D eigenvalue weighted by atomic mass is 10.2. The van der Waals surface area contributed by atoms with E-state index in [1.165, 1.54) is 12.1 Å². The molecule has 104 valence electrons. The van der Waals surface area contributed by atoms with Crippen molar-refractivity contribution in [1.82, 2.24) is 4.89 Å². The molecule has 0 saturated carbocycles. The Kier molecular flexibility index (Phi) is 4.49. The maximum absolute atomic E-state index is 11.7. The predicted octanol–water partition coefficient (Wildman–Crippen LogP) is 1.88. The van der Waals surface area contributed by atoms with Gasteiger partial charge in [0.25, 0.3) is 0 Å². The standard InChI is InChI=1S/C14H13NO4S/c16-14(13-9-5-2-6-10-13)19-15-20(17,18)11-12-7-3-1-4-8-12/h1-10,15H,11H2. The molecule has 0 bridgehead atoms. The summed E-state index contributed by atoms with van der Waals surface area (Å²) in [6.45, 7) is 0. The minimum Gasteiger partial charge on any atom is -0.351 e. The Hall–Kier alpha value is -2.18. The Morgan fingerprint density at radius 2 is 1.50 bits per heavy atom. The van der Waals surface area contributed by atoms with E-state index in [2.05, 4.69) is 4.84 Å². The minimum absolute atomic E-state index is 0.254. The average Bonchev–Trinajstić information content (AvgIpc) is 2.46. The van der Waals surface area contributed by atoms with Gasteiger partial charge in [-0.25, -0.2) is 13.2 Å². The first-order valence-electron chi connectivity index (χ1n) is 5.86. The number of sulfonamides is 1. The molecule has 1 N–H and O–H groups in total. The van der Waals surface area contributed by atoms with Crippen LogP contribution in [0.5, 0.6) is 0 Å². The Morgan fingerprint density at radius 1 is 0.950 bits per heavy atom. The third kappa shape index (κ3) is 4.18. The fourth-order valence-corrected chi connectivity index (χ4v) is 2.45. The summed E-state index contributed by atoms with van der Waals surface area (Å²) in [5, 5.41) is 0. The molecule has 2 aromatic rings. The quantitative estimate of drug-likeness (QED) is 0.854. The second-order valence-electron chi connectivity index (χ2n) is 4.08. The molecular weight excluding hydrogens is 278 g/mol. The number of hydrogen-bond acceptors (Lipinski definition) is 4. The van der Waals surface area contributed by atoms with Crippen LogP contribution in [0, 0.1) is 0 Å². The molecule has 0 aromatic heterocycles. The molecule has 2 aromatic carbocycles. The third-order valence-electron chi connectivity index (χ3n) is 2.47. The predicted molar refractivity (Wildman–Crippen MR) is 74.1 cm³/mol. The molecule has 0 heterocycles. The molecule has 0 spiro atoms. The summed E-state index contributed by atoms with van der Waals surface area (Å²) in [5.74, 6) is -1.00. The van der Waals surface area contributed by atoms with E-state index in [4.69, 9.17) is 0 Å². The molecule has 0 aliphatic heterocycles. The first-order valence-corrected chi connectivity index (χ1v) is 7.52. The van der Waals surface area contributed by atoms with Crippen molar-refractivity contribution in [1.29, 1.82) is 0 Å². The second kappa shape index (κ2) is 6.31. The highest BCUT2D eigenvalue weighted by molar-refractivity contribution is 7.88. The van der Waals surface area contributed by atoms with Crippen LogP contribution < -0.4 is 4.89 Å². The number of hydrogen-bond donors (Lipinski definition) is 1. The summed E-state index contributed by atoms with van der Waals surface area (Å²) in [6.07, 6.45) is 0. The molecular formula is C14H13NO4S. The van der Waals surface area contributed by atoms with E-state index in [9.17, 15) is 13.2 Å². The molecule has 6 heteroatoms. The number of benzene rings is 2. The van der Waals surface area contributed by atoms with Gasteiger partial charge in [-0.2, -0.15) is 0 Å². The van der Waals surface area contributed by atoms with Crippen LogP contribution in [-0.2, 0) is 20.6 Å². The van der Waals surface area contributed by atoms with Gasteiger partial charge in [0.15, 0.2) is 0 Å². The molecule has 0 radical (unpaired) electrons. The molecule has 20 heavy (non-hydrogen) atoms. The Bertz CT molecular complexity index is 669. The number of rotatable bonds is 5. The maximum Gasteiger partial charge on any atom is 0.357 e. The average molecular weight is 291 g/mol. The summed E-state index contributed by atoms with van der Waals surface area (Å²) >= 11 is 0. The van der Waals surface area contributed by atoms with Crippen molar-refractivity contribution in [3.63, 3.8) is 0 Å². The zero-order chi connectivity index (χ0) is 14.4. The van der Waals surface area contributed by atoms with Gasteiger partial charge in [0.1, 0.15) is 0 Å². The summed E-state index contributed by atoms with van der Waals surface area (Å²) in [4.78, 5) is 18.0. The number of carbonyl (C=O) groups excluding carboxylic acids is 1. The van der Waals surface area contributed by atoms with Crippen LogP contribution in [0.4, 0.5) is 0 Å². The lowest BCUT2D eigenvalue weighted by molar-refractivity contribution is 0.0407. The number of carbonyl (C=O) groups is 1. The van der Waals surface area contributed by atoms with Gasteiger partial charge in [0, 0.05) is 0 Å². The van der Waals surface area contributed by atoms with Gasteiger partial charge in [0.2, 0.25) is 10.0 Å². The van der Waals surface area contributed by atoms with Crippen molar-refractivity contribution in [2.75, 3.05) is 0 Å². The molecule has 0 amide bonds. The van der Waals surface area contributed by atoms with Crippen LogP contribution in [0.3, 0.4) is 0 Å². The highest BCUT2D eigenvalue weighted by Crippen LogP contribution is 2.05. The summed E-state index contributed by atoms with van der Waals surface area (Å²) in [5.41, 5.74) is 0.880. The first kappa shape index (κ1) is 14.2. The van der Waals surface area contributed by atoms with E-state index in [1.807, 2.05) is 4.89 Å². The smallest absolute Gasteiger partial charge is 0.351 e. The lowest BCUT2D eigenvalue weighted by Crippen LogP contribution is -2.28. The monoisotopic (exact) mass is 291 g/mol. The van der Waals surface area contributed by atoms with Gasteiger partial charge in [-0.1, -0.05) is 48.5 Å². The molecule has 0 atom stereocenters. The van der Waals surface area contributed by atoms with Gasteiger partial charge < -0.3 is 4.84 Å². The summed E-state index contributed by atoms with van der Waals surface area (Å²) in [7, 11) is -3.73. The fraction of sp³-hybridized carbons (Fsp3) is 0.0714. The zero-order valence-electron chi connectivity index (χ0n) is 10.5. The van der Waals surface area contributed by atoms with E-state index in [-0.39, 0.29) is 11.3 Å². The van der Waals surface area contributed by atoms with E-state index < -0.39 is 16.0 Å². The van der Waals surface area contributed by atoms with E-state index in [0.29, 0.717) is 5.56 Å². The highest BCUT2D eigenvalue weighted by Gasteiger charge is 2.15. The fourth-order valence-electron chi connectivity index (χ4n) is 1.56. The number of nitrogens with one attached hydrogen (secondary N) is 1. The lowest BCUT2D eigenvalue weighted by Gasteiger charge is -2.07. The minimum atomic E-state index is -3.73. The van der Waals surface area contributed by atoms with Gasteiger partial charge in [-0.3, -0.25) is 0 Å². The molecule has 0 saturated heterocycles. The van der Waals surface area contributed by atoms with E-state index in [1.54, 1.807) is 48.5 Å². The molecule has 0 aliphatic rings. The van der Waals surface area contributed by atoms with Crippen LogP contribution in [-0.4, -0.2) is 14.4 Å². The van der Waals surface area contributed by atoms with Crippen molar-refractivity contribution in [3.05, 3.63) is 71.8 Å². The van der Waals surface area contributed by atoms with E-state index >= 15 is 0 Å². The zero-order valence-corrected chi connectivity index (χ0v) is 11.3. The van der Waals surface area contributed by atoms with Crippen molar-refractivity contribution in [2.45, 2.75) is 5.75 Å². The SMILES string of the molecule is O=C(ONS(=O)(=O)Cc1ccccc1)c1ccccc1. The molecule has 0 unspecified atom stereocenters. The van der Waals surface area contributed by atoms with Crippen molar-refractivity contribution in [3.8, 4) is 0 Å². The highest BCUT2D eigenvalue weighted by atomic mass is 32.2. The largest absolute Gasteiger partial charge is 0.357 e. The van der Waals surface area contributed by atoms with Gasteiger partial charge >= 0.3 is 5.97 Å². The van der Waals surface area contributed by atoms with Crippen molar-refractivity contribution < 1.29 is 18.0 Å². The van der Waals surface area contributed by atoms with Gasteiger partial charge in [-0.15, -0.1) is 0 Å². The van der Waals surface area contributed by atoms with E-state index in [0.717, 1.165) is 0 Å². The maximum atomic E-state index is 11.7. The Labute approximate surface area is 117 Å². The first-order chi connectivity index (χ1) is 9.57. The van der Waals surface area contributed by atoms with Gasteiger partial charge in [-0.05, 0) is 22.6 Å². The topological polar surface area (TPSA) is 72.5 Å². The van der Waals surface area contributed by atoms with Crippen LogP contribution in [0.1, 0.15) is 15.9 Å². The molecule has 2 rings (SSSR count).